The Morgan fingerprint density at radius 2 is 2.14 bits per heavy atom. The van der Waals surface area contributed by atoms with E-state index < -0.39 is 5.97 Å². The predicted octanol–water partition coefficient (Wildman–Crippen LogP) is 3.36. The maximum atomic E-state index is 12.1. The highest BCUT2D eigenvalue weighted by Crippen LogP contribution is 2.47. The zero-order valence-electron chi connectivity index (χ0n) is 11.9. The Kier molecular flexibility index (Phi) is 4.68. The molecule has 1 aliphatic rings. The highest BCUT2D eigenvalue weighted by atomic mass is 35.5. The maximum Gasteiger partial charge on any atom is 0.328 e. The summed E-state index contributed by atoms with van der Waals surface area (Å²) in [5.74, 6) is -1.19. The molecule has 0 aromatic heterocycles. The second-order valence-electron chi connectivity index (χ2n) is 5.44. The molecule has 2 N–H and O–H groups in total. The Hall–Kier alpha value is -1.81. The van der Waals surface area contributed by atoms with Crippen LogP contribution < -0.4 is 5.32 Å². The molecule has 0 radical (unpaired) electrons. The number of rotatable bonds is 6. The Balaban J connectivity index is 2.02. The van der Waals surface area contributed by atoms with E-state index in [0.717, 1.165) is 12.5 Å². The smallest absolute Gasteiger partial charge is 0.328 e. The second kappa shape index (κ2) is 6.31. The standard InChI is InChI=1S/C16H18ClNO3/c1-2-16(7-8-16)10-18-15(21)12-4-3-11(13(17)9-12)5-6-14(19)20/h3-6,9H,2,7-8,10H2,1H3,(H,18,21)(H,19,20)/b6-5+. The third-order valence-electron chi connectivity index (χ3n) is 4.00. The van der Waals surface area contributed by atoms with Gasteiger partial charge < -0.3 is 10.4 Å². The summed E-state index contributed by atoms with van der Waals surface area (Å²) in [6.45, 7) is 2.83. The summed E-state index contributed by atoms with van der Waals surface area (Å²) in [5, 5.41) is 11.9. The van der Waals surface area contributed by atoms with Gasteiger partial charge in [-0.1, -0.05) is 24.6 Å². The van der Waals surface area contributed by atoms with Crippen LogP contribution in [0.3, 0.4) is 0 Å². The molecule has 0 atom stereocenters. The van der Waals surface area contributed by atoms with E-state index in [2.05, 4.69) is 12.2 Å². The minimum atomic E-state index is -1.04. The number of carbonyl (C=O) groups excluding carboxylic acids is 1. The first-order valence-electron chi connectivity index (χ1n) is 6.94. The zero-order chi connectivity index (χ0) is 15.5. The summed E-state index contributed by atoms with van der Waals surface area (Å²) in [6.07, 6.45) is 5.83. The average Bonchev–Trinajstić information content (AvgIpc) is 3.24. The summed E-state index contributed by atoms with van der Waals surface area (Å²) in [4.78, 5) is 22.6. The molecule has 0 spiro atoms. The van der Waals surface area contributed by atoms with Crippen molar-refractivity contribution >= 4 is 29.6 Å². The van der Waals surface area contributed by atoms with Crippen LogP contribution in [-0.2, 0) is 4.79 Å². The van der Waals surface area contributed by atoms with Crippen LogP contribution in [0.2, 0.25) is 5.02 Å². The van der Waals surface area contributed by atoms with Gasteiger partial charge in [-0.3, -0.25) is 4.79 Å². The molecule has 0 heterocycles. The summed E-state index contributed by atoms with van der Waals surface area (Å²) in [5.41, 5.74) is 1.35. The molecule has 0 unspecified atom stereocenters. The molecule has 0 bridgehead atoms. The molecule has 1 aromatic rings. The fourth-order valence-corrected chi connectivity index (χ4v) is 2.41. The lowest BCUT2D eigenvalue weighted by Gasteiger charge is -2.13. The number of carbonyl (C=O) groups is 2. The minimum Gasteiger partial charge on any atom is -0.478 e. The summed E-state index contributed by atoms with van der Waals surface area (Å²) in [7, 11) is 0. The van der Waals surface area contributed by atoms with E-state index in [1.54, 1.807) is 18.2 Å². The van der Waals surface area contributed by atoms with E-state index in [9.17, 15) is 9.59 Å². The average molecular weight is 308 g/mol. The van der Waals surface area contributed by atoms with Gasteiger partial charge >= 0.3 is 5.97 Å². The molecule has 1 amide bonds. The summed E-state index contributed by atoms with van der Waals surface area (Å²) in [6, 6.07) is 4.85. The normalized spacial score (nSPS) is 15.9. The quantitative estimate of drug-likeness (QED) is 0.792. The Bertz CT molecular complexity index is 591. The lowest BCUT2D eigenvalue weighted by atomic mass is 10.0. The number of hydrogen-bond acceptors (Lipinski definition) is 2. The summed E-state index contributed by atoms with van der Waals surface area (Å²) < 4.78 is 0. The van der Waals surface area contributed by atoms with Gasteiger partial charge in [0, 0.05) is 23.2 Å². The fourth-order valence-electron chi connectivity index (χ4n) is 2.17. The van der Waals surface area contributed by atoms with Gasteiger partial charge in [-0.05, 0) is 48.4 Å². The van der Waals surface area contributed by atoms with Crippen LogP contribution in [0.1, 0.15) is 42.1 Å². The minimum absolute atomic E-state index is 0.148. The van der Waals surface area contributed by atoms with Crippen LogP contribution in [0, 0.1) is 5.41 Å². The van der Waals surface area contributed by atoms with Gasteiger partial charge in [-0.2, -0.15) is 0 Å². The van der Waals surface area contributed by atoms with Crippen LogP contribution in [0.4, 0.5) is 0 Å². The van der Waals surface area contributed by atoms with Crippen molar-refractivity contribution in [1.29, 1.82) is 0 Å². The van der Waals surface area contributed by atoms with Crippen molar-refractivity contribution in [1.82, 2.24) is 5.32 Å². The van der Waals surface area contributed by atoms with E-state index in [-0.39, 0.29) is 5.91 Å². The molecule has 0 aliphatic heterocycles. The first-order chi connectivity index (χ1) is 9.96. The van der Waals surface area contributed by atoms with Gasteiger partial charge in [0.1, 0.15) is 0 Å². The zero-order valence-corrected chi connectivity index (χ0v) is 12.6. The third kappa shape index (κ3) is 4.08. The topological polar surface area (TPSA) is 66.4 Å². The highest BCUT2D eigenvalue weighted by Gasteiger charge is 2.40. The van der Waals surface area contributed by atoms with E-state index in [4.69, 9.17) is 16.7 Å². The Labute approximate surface area is 128 Å². The number of benzene rings is 1. The molecule has 1 saturated carbocycles. The lowest BCUT2D eigenvalue weighted by Crippen LogP contribution is -2.29. The van der Waals surface area contributed by atoms with Crippen LogP contribution in [0.15, 0.2) is 24.3 Å². The lowest BCUT2D eigenvalue weighted by molar-refractivity contribution is -0.131. The van der Waals surface area contributed by atoms with Crippen molar-refractivity contribution in [2.75, 3.05) is 6.54 Å². The largest absolute Gasteiger partial charge is 0.478 e. The molecule has 21 heavy (non-hydrogen) atoms. The molecule has 0 saturated heterocycles. The Morgan fingerprint density at radius 3 is 2.67 bits per heavy atom. The van der Waals surface area contributed by atoms with Gasteiger partial charge in [0.25, 0.3) is 5.91 Å². The molecule has 5 heteroatoms. The van der Waals surface area contributed by atoms with Crippen LogP contribution in [0.5, 0.6) is 0 Å². The number of halogens is 1. The van der Waals surface area contributed by atoms with Crippen LogP contribution in [0.25, 0.3) is 6.08 Å². The third-order valence-corrected chi connectivity index (χ3v) is 4.33. The van der Waals surface area contributed by atoms with E-state index >= 15 is 0 Å². The molecule has 2 rings (SSSR count). The predicted molar refractivity (Wildman–Crippen MR) is 82.4 cm³/mol. The van der Waals surface area contributed by atoms with Crippen LogP contribution >= 0.6 is 11.6 Å². The van der Waals surface area contributed by atoms with Gasteiger partial charge in [0.15, 0.2) is 0 Å². The molecular formula is C16H18ClNO3. The van der Waals surface area contributed by atoms with E-state index in [0.29, 0.717) is 28.1 Å². The van der Waals surface area contributed by atoms with Crippen molar-refractivity contribution in [3.8, 4) is 0 Å². The van der Waals surface area contributed by atoms with Crippen molar-refractivity contribution < 1.29 is 14.7 Å². The van der Waals surface area contributed by atoms with Gasteiger partial charge in [0.2, 0.25) is 0 Å². The van der Waals surface area contributed by atoms with Crippen molar-refractivity contribution in [3.05, 3.63) is 40.4 Å². The molecule has 1 aromatic carbocycles. The number of nitrogens with one attached hydrogen (secondary N) is 1. The monoisotopic (exact) mass is 307 g/mol. The second-order valence-corrected chi connectivity index (χ2v) is 5.85. The van der Waals surface area contributed by atoms with Gasteiger partial charge in [-0.15, -0.1) is 0 Å². The number of hydrogen-bond donors (Lipinski definition) is 2. The van der Waals surface area contributed by atoms with Crippen molar-refractivity contribution in [3.63, 3.8) is 0 Å². The number of carboxylic acid groups (broad SMARTS) is 1. The molecule has 1 aliphatic carbocycles. The maximum absolute atomic E-state index is 12.1. The van der Waals surface area contributed by atoms with E-state index in [1.807, 2.05) is 0 Å². The molecule has 112 valence electrons. The number of carboxylic acids is 1. The fraction of sp³-hybridized carbons (Fsp3) is 0.375. The first-order valence-corrected chi connectivity index (χ1v) is 7.32. The van der Waals surface area contributed by atoms with Gasteiger partial charge in [-0.25, -0.2) is 4.79 Å². The van der Waals surface area contributed by atoms with Crippen molar-refractivity contribution in [2.45, 2.75) is 26.2 Å². The molecule has 4 nitrogen and oxygen atoms in total. The molecular weight excluding hydrogens is 290 g/mol. The van der Waals surface area contributed by atoms with Crippen LogP contribution in [-0.4, -0.2) is 23.5 Å². The van der Waals surface area contributed by atoms with Crippen molar-refractivity contribution in [2.24, 2.45) is 5.41 Å². The number of amides is 1. The number of aliphatic carboxylic acids is 1. The first kappa shape index (κ1) is 15.6. The van der Waals surface area contributed by atoms with Gasteiger partial charge in [0.05, 0.1) is 0 Å². The Morgan fingerprint density at radius 1 is 1.43 bits per heavy atom. The summed E-state index contributed by atoms with van der Waals surface area (Å²) >= 11 is 6.06. The highest BCUT2D eigenvalue weighted by molar-refractivity contribution is 6.32. The molecule has 1 fully saturated rings. The SMILES string of the molecule is CCC1(CNC(=O)c2ccc(/C=C/C(=O)O)c(Cl)c2)CC1. The van der Waals surface area contributed by atoms with E-state index in [1.165, 1.54) is 18.9 Å².